The summed E-state index contributed by atoms with van der Waals surface area (Å²) in [5.74, 6) is 0. The summed E-state index contributed by atoms with van der Waals surface area (Å²) in [6, 6.07) is 12.1. The number of aryl methyl sites for hydroxylation is 1. The molecule has 0 bridgehead atoms. The molecule has 0 atom stereocenters. The van der Waals surface area contributed by atoms with Crippen LogP contribution in [0.3, 0.4) is 0 Å². The van der Waals surface area contributed by atoms with Gasteiger partial charge in [-0.25, -0.2) is 8.42 Å². The van der Waals surface area contributed by atoms with Crippen LogP contribution in [0.2, 0.25) is 5.02 Å². The van der Waals surface area contributed by atoms with E-state index in [4.69, 9.17) is 11.6 Å². The zero-order valence-electron chi connectivity index (χ0n) is 13.3. The molecule has 1 aromatic heterocycles. The first-order chi connectivity index (χ1) is 11.3. The molecule has 2 aromatic carbocycles. The highest BCUT2D eigenvalue weighted by molar-refractivity contribution is 7.90. The minimum atomic E-state index is -3.22. The van der Waals surface area contributed by atoms with Crippen molar-refractivity contribution >= 4 is 32.3 Å². The number of aromatic nitrogens is 1. The highest BCUT2D eigenvalue weighted by Crippen LogP contribution is 2.25. The Kier molecular flexibility index (Phi) is 4.24. The summed E-state index contributed by atoms with van der Waals surface area (Å²) < 4.78 is 23.0. The van der Waals surface area contributed by atoms with Gasteiger partial charge in [0, 0.05) is 23.6 Å². The number of halogens is 1. The lowest BCUT2D eigenvalue weighted by atomic mass is 9.99. The van der Waals surface area contributed by atoms with Gasteiger partial charge in [-0.2, -0.15) is 0 Å². The predicted molar refractivity (Wildman–Crippen MR) is 96.7 cm³/mol. The molecule has 24 heavy (non-hydrogen) atoms. The minimum absolute atomic E-state index is 0.180. The number of para-hydroxylation sites is 1. The zero-order valence-corrected chi connectivity index (χ0v) is 14.8. The van der Waals surface area contributed by atoms with Crippen LogP contribution in [0.5, 0.6) is 0 Å². The second-order valence-electron chi connectivity index (χ2n) is 5.81. The third-order valence-corrected chi connectivity index (χ3v) is 5.56. The number of rotatable bonds is 3. The van der Waals surface area contributed by atoms with Gasteiger partial charge in [-0.3, -0.25) is 4.79 Å². The van der Waals surface area contributed by atoms with Gasteiger partial charge in [0.05, 0.1) is 15.4 Å². The van der Waals surface area contributed by atoms with Gasteiger partial charge in [-0.15, -0.1) is 0 Å². The predicted octanol–water partition coefficient (Wildman–Crippen LogP) is 3.48. The summed E-state index contributed by atoms with van der Waals surface area (Å²) in [4.78, 5) is 15.5. The van der Waals surface area contributed by atoms with Crippen molar-refractivity contribution in [1.82, 2.24) is 4.98 Å². The third kappa shape index (κ3) is 3.09. The van der Waals surface area contributed by atoms with E-state index in [-0.39, 0.29) is 10.5 Å². The molecule has 0 aliphatic heterocycles. The van der Waals surface area contributed by atoms with Crippen molar-refractivity contribution in [3.8, 4) is 0 Å². The average Bonchev–Trinajstić information content (AvgIpc) is 2.52. The van der Waals surface area contributed by atoms with E-state index in [2.05, 4.69) is 4.98 Å². The van der Waals surface area contributed by atoms with Crippen LogP contribution in [0, 0.1) is 6.92 Å². The number of nitrogens with one attached hydrogen (secondary N) is 1. The molecule has 124 valence electrons. The number of hydrogen-bond acceptors (Lipinski definition) is 3. The summed E-state index contributed by atoms with van der Waals surface area (Å²) in [5, 5.41) is 1.42. The molecule has 3 aromatic rings. The molecular formula is C18H16ClNO3S. The topological polar surface area (TPSA) is 67.0 Å². The van der Waals surface area contributed by atoms with E-state index < -0.39 is 9.84 Å². The highest BCUT2D eigenvalue weighted by Gasteiger charge is 2.12. The van der Waals surface area contributed by atoms with Crippen LogP contribution in [0.15, 0.2) is 52.2 Å². The SMILES string of the molecule is Cc1c(Cc2ccc(S(C)(=O)=O)cc2)c(=O)[nH]c2c(Cl)cccc12. The molecule has 6 heteroatoms. The van der Waals surface area contributed by atoms with Crippen molar-refractivity contribution in [2.75, 3.05) is 6.26 Å². The summed E-state index contributed by atoms with van der Waals surface area (Å²) in [5.41, 5.74) is 2.86. The Labute approximate surface area is 145 Å². The fourth-order valence-corrected chi connectivity index (χ4v) is 3.61. The molecule has 1 heterocycles. The second-order valence-corrected chi connectivity index (χ2v) is 8.24. The zero-order chi connectivity index (χ0) is 17.5. The maximum Gasteiger partial charge on any atom is 0.252 e. The second kappa shape index (κ2) is 6.07. The van der Waals surface area contributed by atoms with Crippen molar-refractivity contribution in [1.29, 1.82) is 0 Å². The number of hydrogen-bond donors (Lipinski definition) is 1. The van der Waals surface area contributed by atoms with E-state index in [1.807, 2.05) is 19.1 Å². The molecule has 0 unspecified atom stereocenters. The van der Waals surface area contributed by atoms with Gasteiger partial charge in [0.1, 0.15) is 0 Å². The van der Waals surface area contributed by atoms with Gasteiger partial charge in [0.15, 0.2) is 9.84 Å². The Morgan fingerprint density at radius 1 is 1.08 bits per heavy atom. The van der Waals surface area contributed by atoms with Crippen molar-refractivity contribution in [2.24, 2.45) is 0 Å². The lowest BCUT2D eigenvalue weighted by Gasteiger charge is -2.10. The number of H-pyrrole nitrogens is 1. The standard InChI is InChI=1S/C18H16ClNO3S/c1-11-14-4-3-5-16(19)17(14)20-18(21)15(11)10-12-6-8-13(9-7-12)24(2,22)23/h3-9H,10H2,1-2H3,(H,20,21). The number of sulfone groups is 1. The molecule has 0 saturated carbocycles. The molecular weight excluding hydrogens is 346 g/mol. The van der Waals surface area contributed by atoms with Crippen LogP contribution in [0.25, 0.3) is 10.9 Å². The first-order valence-corrected chi connectivity index (χ1v) is 9.63. The van der Waals surface area contributed by atoms with Crippen LogP contribution in [0.4, 0.5) is 0 Å². The Morgan fingerprint density at radius 2 is 1.75 bits per heavy atom. The van der Waals surface area contributed by atoms with Crippen molar-refractivity contribution in [3.05, 3.63) is 74.5 Å². The van der Waals surface area contributed by atoms with Gasteiger partial charge >= 0.3 is 0 Å². The van der Waals surface area contributed by atoms with E-state index in [0.717, 1.165) is 16.5 Å². The van der Waals surface area contributed by atoms with Gasteiger partial charge in [-0.1, -0.05) is 35.9 Å². The summed E-state index contributed by atoms with van der Waals surface area (Å²) in [6.45, 7) is 1.90. The monoisotopic (exact) mass is 361 g/mol. The fourth-order valence-electron chi connectivity index (χ4n) is 2.76. The van der Waals surface area contributed by atoms with Crippen molar-refractivity contribution in [3.63, 3.8) is 0 Å². The van der Waals surface area contributed by atoms with Crippen LogP contribution in [-0.2, 0) is 16.3 Å². The Bertz CT molecular complexity index is 1080. The number of aromatic amines is 1. The molecule has 0 aliphatic carbocycles. The summed E-state index contributed by atoms with van der Waals surface area (Å²) >= 11 is 6.15. The molecule has 0 saturated heterocycles. The van der Waals surface area contributed by atoms with Gasteiger partial charge in [0.25, 0.3) is 5.56 Å². The van der Waals surface area contributed by atoms with E-state index >= 15 is 0 Å². The van der Waals surface area contributed by atoms with Crippen LogP contribution in [-0.4, -0.2) is 19.7 Å². The van der Waals surface area contributed by atoms with Crippen LogP contribution in [0.1, 0.15) is 16.7 Å². The van der Waals surface area contributed by atoms with E-state index in [1.165, 1.54) is 6.26 Å². The molecule has 0 fully saturated rings. The number of pyridine rings is 1. The molecule has 1 N–H and O–H groups in total. The van der Waals surface area contributed by atoms with E-state index in [0.29, 0.717) is 22.5 Å². The normalized spacial score (nSPS) is 11.8. The van der Waals surface area contributed by atoms with Crippen LogP contribution < -0.4 is 5.56 Å². The number of benzene rings is 2. The maximum absolute atomic E-state index is 12.4. The first-order valence-electron chi connectivity index (χ1n) is 7.36. The first kappa shape index (κ1) is 16.7. The Balaban J connectivity index is 2.06. The van der Waals surface area contributed by atoms with Gasteiger partial charge < -0.3 is 4.98 Å². The summed E-state index contributed by atoms with van der Waals surface area (Å²) in [6.07, 6.45) is 1.59. The third-order valence-electron chi connectivity index (χ3n) is 4.12. The Morgan fingerprint density at radius 3 is 2.38 bits per heavy atom. The quantitative estimate of drug-likeness (QED) is 0.776. The molecule has 0 radical (unpaired) electrons. The lowest BCUT2D eigenvalue weighted by molar-refractivity contribution is 0.602. The molecule has 0 amide bonds. The Hall–Kier alpha value is -2.11. The highest BCUT2D eigenvalue weighted by atomic mass is 35.5. The maximum atomic E-state index is 12.4. The molecule has 4 nitrogen and oxygen atoms in total. The smallest absolute Gasteiger partial charge is 0.252 e. The largest absolute Gasteiger partial charge is 0.320 e. The fraction of sp³-hybridized carbons (Fsp3) is 0.167. The van der Waals surface area contributed by atoms with Crippen molar-refractivity contribution in [2.45, 2.75) is 18.2 Å². The minimum Gasteiger partial charge on any atom is -0.320 e. The van der Waals surface area contributed by atoms with Gasteiger partial charge in [-0.05, 0) is 36.2 Å². The average molecular weight is 362 g/mol. The van der Waals surface area contributed by atoms with E-state index in [9.17, 15) is 13.2 Å². The molecule has 3 rings (SSSR count). The van der Waals surface area contributed by atoms with Crippen molar-refractivity contribution < 1.29 is 8.42 Å². The van der Waals surface area contributed by atoms with E-state index in [1.54, 1.807) is 30.3 Å². The summed E-state index contributed by atoms with van der Waals surface area (Å²) in [7, 11) is -3.22. The number of fused-ring (bicyclic) bond motifs is 1. The van der Waals surface area contributed by atoms with Crippen LogP contribution >= 0.6 is 11.6 Å². The van der Waals surface area contributed by atoms with Gasteiger partial charge in [0.2, 0.25) is 0 Å². The molecule has 0 spiro atoms. The molecule has 0 aliphatic rings. The lowest BCUT2D eigenvalue weighted by Crippen LogP contribution is -2.15.